The Balaban J connectivity index is 2.04. The molecule has 0 aromatic heterocycles. The summed E-state index contributed by atoms with van der Waals surface area (Å²) in [6.07, 6.45) is 1.45. The molecule has 0 spiro atoms. The van der Waals surface area contributed by atoms with E-state index in [1.54, 1.807) is 26.0 Å². The summed E-state index contributed by atoms with van der Waals surface area (Å²) in [5.74, 6) is 0.287. The molecule has 0 atom stereocenters. The molecule has 0 amide bonds. The van der Waals surface area contributed by atoms with Crippen molar-refractivity contribution in [2.75, 3.05) is 21.3 Å². The normalized spacial score (nSPS) is 16.7. The van der Waals surface area contributed by atoms with E-state index in [1.165, 1.54) is 4.31 Å². The Morgan fingerprint density at radius 2 is 1.70 bits per heavy atom. The minimum Gasteiger partial charge on any atom is -0.279 e. The summed E-state index contributed by atoms with van der Waals surface area (Å²) in [5, 5.41) is 0. The first kappa shape index (κ1) is 22.6. The smallest absolute Gasteiger partial charge is 0.262 e. The molecule has 8 heteroatoms. The second-order valence-electron chi connectivity index (χ2n) is 8.30. The van der Waals surface area contributed by atoms with Crippen LogP contribution < -0.4 is 9.03 Å². The topological polar surface area (TPSA) is 83.6 Å². The highest BCUT2D eigenvalue weighted by atomic mass is 32.2. The Kier molecular flexibility index (Phi) is 6.20. The Morgan fingerprint density at radius 1 is 1.00 bits per heavy atom. The average Bonchev–Trinajstić information content (AvgIpc) is 2.64. The fraction of sp³-hybridized carbons (Fsp3) is 0.455. The maximum Gasteiger partial charge on any atom is 0.262 e. The van der Waals surface area contributed by atoms with Crippen molar-refractivity contribution in [1.29, 1.82) is 0 Å². The maximum absolute atomic E-state index is 13.3. The van der Waals surface area contributed by atoms with Gasteiger partial charge in [-0.3, -0.25) is 9.03 Å². The van der Waals surface area contributed by atoms with E-state index < -0.39 is 20.0 Å². The summed E-state index contributed by atoms with van der Waals surface area (Å²) < 4.78 is 55.7. The van der Waals surface area contributed by atoms with Crippen LogP contribution in [0.5, 0.6) is 0 Å². The molecule has 2 aromatic carbocycles. The molecule has 6 nitrogen and oxygen atoms in total. The van der Waals surface area contributed by atoms with E-state index in [-0.39, 0.29) is 16.6 Å². The molecule has 1 fully saturated rings. The molecule has 1 aliphatic heterocycles. The van der Waals surface area contributed by atoms with Crippen LogP contribution in [0.3, 0.4) is 0 Å². The van der Waals surface area contributed by atoms with Gasteiger partial charge in [0.2, 0.25) is 10.0 Å². The number of nitrogens with zero attached hydrogens (tertiary/aromatic N) is 1. The third-order valence-corrected chi connectivity index (χ3v) is 8.91. The molecule has 164 valence electrons. The molecule has 3 rings (SSSR count). The number of hydrogen-bond donors (Lipinski definition) is 1. The van der Waals surface area contributed by atoms with Crippen molar-refractivity contribution >= 4 is 31.4 Å². The van der Waals surface area contributed by atoms with E-state index in [4.69, 9.17) is 0 Å². The van der Waals surface area contributed by atoms with E-state index >= 15 is 0 Å². The van der Waals surface area contributed by atoms with Gasteiger partial charge in [-0.25, -0.2) is 16.8 Å². The molecule has 30 heavy (non-hydrogen) atoms. The van der Waals surface area contributed by atoms with E-state index in [2.05, 4.69) is 4.72 Å². The molecule has 1 aliphatic rings. The van der Waals surface area contributed by atoms with Gasteiger partial charge in [0.1, 0.15) is 0 Å². The SMILES string of the molecule is Cc1cc(S(=O)(=O)Nc2c(C)cccc2C(C)C)c(C)cc1N1CCCCS1(=O)=O. The van der Waals surface area contributed by atoms with Crippen molar-refractivity contribution in [2.45, 2.75) is 58.3 Å². The first-order chi connectivity index (χ1) is 13.9. The molecular formula is C22H30N2O4S2. The molecule has 0 saturated carbocycles. The molecule has 0 bridgehead atoms. The van der Waals surface area contributed by atoms with E-state index in [0.29, 0.717) is 35.5 Å². The number of rotatable bonds is 5. The summed E-state index contributed by atoms with van der Waals surface area (Å²) in [6, 6.07) is 8.98. The van der Waals surface area contributed by atoms with Crippen molar-refractivity contribution in [3.8, 4) is 0 Å². The molecule has 0 unspecified atom stereocenters. The Hall–Kier alpha value is -2.06. The molecular weight excluding hydrogens is 420 g/mol. The molecule has 0 aliphatic carbocycles. The second-order valence-corrected chi connectivity index (χ2v) is 12.0. The van der Waals surface area contributed by atoms with Crippen molar-refractivity contribution in [1.82, 2.24) is 0 Å². The lowest BCUT2D eigenvalue weighted by Gasteiger charge is -2.30. The van der Waals surface area contributed by atoms with Crippen molar-refractivity contribution in [3.63, 3.8) is 0 Å². The lowest BCUT2D eigenvalue weighted by molar-refractivity contribution is 0.574. The minimum atomic E-state index is -3.84. The number of hydrogen-bond acceptors (Lipinski definition) is 4. The van der Waals surface area contributed by atoms with Gasteiger partial charge < -0.3 is 0 Å². The highest BCUT2D eigenvalue weighted by Crippen LogP contribution is 2.34. The second kappa shape index (κ2) is 8.23. The van der Waals surface area contributed by atoms with E-state index in [9.17, 15) is 16.8 Å². The van der Waals surface area contributed by atoms with Crippen LogP contribution in [-0.2, 0) is 20.0 Å². The Bertz CT molecular complexity index is 1170. The number of nitrogens with one attached hydrogen (secondary N) is 1. The monoisotopic (exact) mass is 450 g/mol. The highest BCUT2D eigenvalue weighted by molar-refractivity contribution is 7.93. The summed E-state index contributed by atoms with van der Waals surface area (Å²) in [6.45, 7) is 9.81. The molecule has 2 aromatic rings. The minimum absolute atomic E-state index is 0.123. The van der Waals surface area contributed by atoms with Gasteiger partial charge in [0.15, 0.2) is 0 Å². The number of anilines is 2. The van der Waals surface area contributed by atoms with Gasteiger partial charge in [-0.2, -0.15) is 0 Å². The van der Waals surface area contributed by atoms with Gasteiger partial charge in [-0.05, 0) is 73.9 Å². The highest BCUT2D eigenvalue weighted by Gasteiger charge is 2.29. The first-order valence-corrected chi connectivity index (χ1v) is 13.3. The van der Waals surface area contributed by atoms with E-state index in [1.807, 2.05) is 39.0 Å². The fourth-order valence-corrected chi connectivity index (χ4v) is 7.06. The van der Waals surface area contributed by atoms with Gasteiger partial charge in [0.05, 0.1) is 22.0 Å². The van der Waals surface area contributed by atoms with Crippen LogP contribution in [-0.4, -0.2) is 29.1 Å². The predicted molar refractivity (Wildman–Crippen MR) is 122 cm³/mol. The number of aryl methyl sites for hydroxylation is 3. The number of sulfonamides is 2. The maximum atomic E-state index is 13.3. The molecule has 1 heterocycles. The quantitative estimate of drug-likeness (QED) is 0.729. The Morgan fingerprint density at radius 3 is 2.33 bits per heavy atom. The van der Waals surface area contributed by atoms with Gasteiger partial charge >= 0.3 is 0 Å². The zero-order valence-corrected chi connectivity index (χ0v) is 19.8. The first-order valence-electron chi connectivity index (χ1n) is 10.2. The lowest BCUT2D eigenvalue weighted by atomic mass is 9.99. The van der Waals surface area contributed by atoms with Gasteiger partial charge in [-0.1, -0.05) is 32.0 Å². The fourth-order valence-electron chi connectivity index (χ4n) is 3.89. The molecule has 1 saturated heterocycles. The third-order valence-electron chi connectivity index (χ3n) is 5.56. The largest absolute Gasteiger partial charge is 0.279 e. The summed E-state index contributed by atoms with van der Waals surface area (Å²) >= 11 is 0. The van der Waals surface area contributed by atoms with Gasteiger partial charge in [-0.15, -0.1) is 0 Å². The van der Waals surface area contributed by atoms with Gasteiger partial charge in [0, 0.05) is 6.54 Å². The average molecular weight is 451 g/mol. The summed E-state index contributed by atoms with van der Waals surface area (Å²) in [7, 11) is -7.20. The van der Waals surface area contributed by atoms with Crippen LogP contribution >= 0.6 is 0 Å². The standard InChI is InChI=1S/C22H30N2O4S2/c1-15(2)19-10-8-9-16(3)22(19)23-30(27,28)21-14-17(4)20(13-18(21)5)24-11-6-7-12-29(24,25)26/h8-10,13-15,23H,6-7,11-12H2,1-5H3. The summed E-state index contributed by atoms with van der Waals surface area (Å²) in [5.41, 5.74) is 4.10. The van der Waals surface area contributed by atoms with Crippen molar-refractivity contribution in [3.05, 3.63) is 52.6 Å². The zero-order chi connectivity index (χ0) is 22.3. The van der Waals surface area contributed by atoms with Crippen LogP contribution in [0.25, 0.3) is 0 Å². The summed E-state index contributed by atoms with van der Waals surface area (Å²) in [4.78, 5) is 0.163. The lowest BCUT2D eigenvalue weighted by Crippen LogP contribution is -2.38. The van der Waals surface area contributed by atoms with Crippen LogP contribution in [0, 0.1) is 20.8 Å². The zero-order valence-electron chi connectivity index (χ0n) is 18.2. The van der Waals surface area contributed by atoms with Crippen molar-refractivity contribution in [2.24, 2.45) is 0 Å². The predicted octanol–water partition coefficient (Wildman–Crippen LogP) is 4.47. The third kappa shape index (κ3) is 4.34. The van der Waals surface area contributed by atoms with Gasteiger partial charge in [0.25, 0.3) is 10.0 Å². The number of para-hydroxylation sites is 1. The molecule has 1 N–H and O–H groups in total. The van der Waals surface area contributed by atoms with Crippen LogP contribution in [0.4, 0.5) is 11.4 Å². The molecule has 0 radical (unpaired) electrons. The van der Waals surface area contributed by atoms with Crippen LogP contribution in [0.1, 0.15) is 54.9 Å². The van der Waals surface area contributed by atoms with Crippen LogP contribution in [0.2, 0.25) is 0 Å². The van der Waals surface area contributed by atoms with Crippen LogP contribution in [0.15, 0.2) is 35.2 Å². The Labute approximate surface area is 180 Å². The van der Waals surface area contributed by atoms with Crippen molar-refractivity contribution < 1.29 is 16.8 Å². The number of benzene rings is 2. The van der Waals surface area contributed by atoms with E-state index in [0.717, 1.165) is 17.5 Å².